The molecule has 0 bridgehead atoms. The van der Waals surface area contributed by atoms with Crippen LogP contribution in [0.5, 0.6) is 0 Å². The van der Waals surface area contributed by atoms with Crippen molar-refractivity contribution in [1.29, 1.82) is 0 Å². The normalized spacial score (nSPS) is 21.1. The average molecular weight is 479 g/mol. The summed E-state index contributed by atoms with van der Waals surface area (Å²) in [5, 5.41) is 0.564. The van der Waals surface area contributed by atoms with E-state index in [1.54, 1.807) is 6.07 Å². The molecule has 1 fully saturated rings. The maximum absolute atomic E-state index is 12.5. The fraction of sp³-hybridized carbons (Fsp3) is 0.444. The monoisotopic (exact) mass is 478 g/mol. The standard InChI is InChI=1S/C18H22ClINO4/c1-13-7-8-21(10-14(13)9-20-11-25-12-22)17(18(23)24-2)15-5-3-4-6-16(15)19/h3-6,9,12-13,17H,7-8,10-11H2,1-2H3/q-1/b14-9-/t13?,17-/m0/s1. The molecule has 2 rings (SSSR count). The number of nitrogens with zero attached hydrogens (tertiary/aromatic N) is 1. The molecule has 1 aliphatic heterocycles. The molecule has 1 heterocycles. The van der Waals surface area contributed by atoms with Crippen LogP contribution in [0, 0.1) is 5.92 Å². The van der Waals surface area contributed by atoms with Gasteiger partial charge in [0.25, 0.3) is 0 Å². The molecule has 0 saturated carbocycles. The third-order valence-electron chi connectivity index (χ3n) is 4.27. The van der Waals surface area contributed by atoms with Crippen LogP contribution >= 0.6 is 11.6 Å². The molecule has 5 nitrogen and oxygen atoms in total. The van der Waals surface area contributed by atoms with E-state index in [-0.39, 0.29) is 27.2 Å². The third kappa shape index (κ3) is 5.43. The van der Waals surface area contributed by atoms with E-state index in [2.05, 4.69) is 15.9 Å². The number of benzene rings is 1. The molecule has 138 valence electrons. The van der Waals surface area contributed by atoms with E-state index in [1.807, 2.05) is 18.2 Å². The minimum atomic E-state index is -0.515. The second-order valence-corrected chi connectivity index (χ2v) is 8.35. The second kappa shape index (κ2) is 10.1. The number of hydrogen-bond acceptors (Lipinski definition) is 5. The molecule has 0 radical (unpaired) electrons. The van der Waals surface area contributed by atoms with Crippen LogP contribution in [0.25, 0.3) is 0 Å². The summed E-state index contributed by atoms with van der Waals surface area (Å²) >= 11 is 5.99. The van der Waals surface area contributed by atoms with Crippen molar-refractivity contribution in [2.75, 3.05) is 24.8 Å². The van der Waals surface area contributed by atoms with Crippen LogP contribution in [-0.4, -0.2) is 42.2 Å². The Morgan fingerprint density at radius 3 is 2.92 bits per heavy atom. The molecule has 7 heteroatoms. The first-order valence-electron chi connectivity index (χ1n) is 7.96. The molecule has 0 amide bonds. The molecule has 1 aromatic carbocycles. The van der Waals surface area contributed by atoms with E-state index >= 15 is 0 Å². The number of rotatable bonds is 7. The second-order valence-electron chi connectivity index (χ2n) is 5.82. The summed E-state index contributed by atoms with van der Waals surface area (Å²) < 4.78 is 12.5. The van der Waals surface area contributed by atoms with E-state index in [1.165, 1.54) is 12.7 Å². The fourth-order valence-corrected chi connectivity index (χ4v) is 5.00. The van der Waals surface area contributed by atoms with Gasteiger partial charge in [0, 0.05) is 0 Å². The van der Waals surface area contributed by atoms with Gasteiger partial charge in [0.1, 0.15) is 0 Å². The summed E-state index contributed by atoms with van der Waals surface area (Å²) in [5.74, 6) is 0.151. The molecule has 1 aromatic rings. The van der Waals surface area contributed by atoms with Crippen molar-refractivity contribution >= 4 is 24.0 Å². The first kappa shape index (κ1) is 20.2. The molecule has 25 heavy (non-hydrogen) atoms. The zero-order valence-corrected chi connectivity index (χ0v) is 17.2. The van der Waals surface area contributed by atoms with Crippen LogP contribution in [0.15, 0.2) is 33.9 Å². The number of methoxy groups -OCH3 is 1. The molecule has 1 aliphatic rings. The SMILES string of the molecule is COC(=O)[C@H](c1ccccc1Cl)N1CCC(C)/C(=C\[I-]COC=O)C1. The number of hydrogen-bond donors (Lipinski definition) is 0. The third-order valence-corrected chi connectivity index (χ3v) is 6.57. The van der Waals surface area contributed by atoms with Gasteiger partial charge in [-0.1, -0.05) is 0 Å². The predicted molar refractivity (Wildman–Crippen MR) is 91.7 cm³/mol. The van der Waals surface area contributed by atoms with Crippen LogP contribution in [-0.2, 0) is 19.1 Å². The van der Waals surface area contributed by atoms with Crippen molar-refractivity contribution < 1.29 is 40.3 Å². The number of alkyl halides is 1. The van der Waals surface area contributed by atoms with Crippen molar-refractivity contribution in [3.63, 3.8) is 0 Å². The Kier molecular flexibility index (Phi) is 8.18. The van der Waals surface area contributed by atoms with Gasteiger partial charge < -0.3 is 0 Å². The molecular weight excluding hydrogens is 457 g/mol. The molecule has 0 spiro atoms. The quantitative estimate of drug-likeness (QED) is 0.182. The van der Waals surface area contributed by atoms with E-state index in [0.29, 0.717) is 28.6 Å². The van der Waals surface area contributed by atoms with Gasteiger partial charge >= 0.3 is 164 Å². The van der Waals surface area contributed by atoms with E-state index < -0.39 is 6.04 Å². The first-order chi connectivity index (χ1) is 12.1. The van der Waals surface area contributed by atoms with Crippen molar-refractivity contribution in [1.82, 2.24) is 4.90 Å². The predicted octanol–water partition coefficient (Wildman–Crippen LogP) is -0.000700. The van der Waals surface area contributed by atoms with Gasteiger partial charge in [0.05, 0.1) is 0 Å². The zero-order chi connectivity index (χ0) is 18.2. The Morgan fingerprint density at radius 2 is 2.24 bits per heavy atom. The molecule has 1 unspecified atom stereocenters. The van der Waals surface area contributed by atoms with Crippen molar-refractivity contribution in [2.45, 2.75) is 19.4 Å². The Labute approximate surface area is 163 Å². The maximum atomic E-state index is 12.5. The molecule has 0 aliphatic carbocycles. The summed E-state index contributed by atoms with van der Waals surface area (Å²) in [4.78, 5) is 24.8. The zero-order valence-electron chi connectivity index (χ0n) is 14.3. The van der Waals surface area contributed by atoms with Crippen LogP contribution in [0.2, 0.25) is 5.02 Å². The topological polar surface area (TPSA) is 55.8 Å². The van der Waals surface area contributed by atoms with Crippen LogP contribution in [0.4, 0.5) is 0 Å². The van der Waals surface area contributed by atoms with Gasteiger partial charge in [-0.25, -0.2) is 0 Å². The van der Waals surface area contributed by atoms with Crippen molar-refractivity contribution in [3.05, 3.63) is 44.5 Å². The number of ether oxygens (including phenoxy) is 2. The summed E-state index contributed by atoms with van der Waals surface area (Å²) in [6.07, 6.45) is 0.960. The molecule has 0 aromatic heterocycles. The minimum absolute atomic E-state index is 0.305. The van der Waals surface area contributed by atoms with Crippen molar-refractivity contribution in [3.8, 4) is 0 Å². The van der Waals surface area contributed by atoms with Crippen LogP contribution in [0.1, 0.15) is 24.9 Å². The van der Waals surface area contributed by atoms with Gasteiger partial charge in [0.15, 0.2) is 0 Å². The van der Waals surface area contributed by atoms with Gasteiger partial charge in [-0.3, -0.25) is 0 Å². The first-order valence-corrected chi connectivity index (χ1v) is 11.1. The van der Waals surface area contributed by atoms with Gasteiger partial charge in [0.2, 0.25) is 0 Å². The van der Waals surface area contributed by atoms with Crippen LogP contribution in [0.3, 0.4) is 0 Å². The number of carbonyl (C=O) groups excluding carboxylic acids is 2. The summed E-state index contributed by atoms with van der Waals surface area (Å²) in [6, 6.07) is 6.87. The van der Waals surface area contributed by atoms with E-state index in [9.17, 15) is 9.59 Å². The number of carbonyl (C=O) groups is 2. The Morgan fingerprint density at radius 1 is 1.48 bits per heavy atom. The molecular formula is C18H22ClINO4-. The Hall–Kier alpha value is -1.12. The molecule has 2 atom stereocenters. The van der Waals surface area contributed by atoms with E-state index in [0.717, 1.165) is 18.5 Å². The summed E-state index contributed by atoms with van der Waals surface area (Å²) in [5.41, 5.74) is 2.05. The summed E-state index contributed by atoms with van der Waals surface area (Å²) in [6.45, 7) is 4.16. The van der Waals surface area contributed by atoms with E-state index in [4.69, 9.17) is 21.1 Å². The van der Waals surface area contributed by atoms with Crippen LogP contribution < -0.4 is 21.2 Å². The average Bonchev–Trinajstić information content (AvgIpc) is 2.62. The van der Waals surface area contributed by atoms with Gasteiger partial charge in [-0.05, 0) is 0 Å². The van der Waals surface area contributed by atoms with Crippen molar-refractivity contribution in [2.24, 2.45) is 5.92 Å². The molecule has 1 saturated heterocycles. The van der Waals surface area contributed by atoms with Gasteiger partial charge in [-0.15, -0.1) is 0 Å². The molecule has 0 N–H and O–H groups in total. The number of piperidine rings is 1. The Bertz CT molecular complexity index is 637. The summed E-state index contributed by atoms with van der Waals surface area (Å²) in [7, 11) is 1.40. The number of halogens is 2. The number of esters is 1. The fourth-order valence-electron chi connectivity index (χ4n) is 2.85. The number of likely N-dealkylation sites (tertiary alicyclic amines) is 1. The van der Waals surface area contributed by atoms with Gasteiger partial charge in [-0.2, -0.15) is 0 Å². The Balaban J connectivity index is 2.21.